The molecule has 0 unspecified atom stereocenters. The van der Waals surface area contributed by atoms with Crippen LogP contribution in [0, 0.1) is 12.0 Å². The van der Waals surface area contributed by atoms with Crippen molar-refractivity contribution >= 4 is 13.3 Å². The van der Waals surface area contributed by atoms with Crippen molar-refractivity contribution in [3.63, 3.8) is 0 Å². The van der Waals surface area contributed by atoms with Gasteiger partial charge in [0.05, 0.1) is 8.07 Å². The average Bonchev–Trinajstić information content (AvgIpc) is 2.58. The summed E-state index contributed by atoms with van der Waals surface area (Å²) in [6.45, 7) is 11.7. The Morgan fingerprint density at radius 3 is 2.12 bits per heavy atom. The van der Waals surface area contributed by atoms with Crippen LogP contribution < -0.4 is 5.19 Å². The molecule has 0 saturated carbocycles. The smallest absolute Gasteiger partial charge is 0.0798 e. The fourth-order valence-corrected chi connectivity index (χ4v) is 4.07. The molecule has 0 bridgehead atoms. The zero-order chi connectivity index (χ0) is 18.8. The molecule has 25 heavy (non-hydrogen) atoms. The molecule has 0 aliphatic carbocycles. The van der Waals surface area contributed by atoms with Gasteiger partial charge in [-0.05, 0) is 23.2 Å². The second-order valence-electron chi connectivity index (χ2n) is 6.85. The van der Waals surface area contributed by atoms with Gasteiger partial charge in [0, 0.05) is 40.5 Å². The molecular formula is C20H32IrNO2Si-. The number of aromatic nitrogens is 1. The molecule has 1 aromatic carbocycles. The average molecular weight is 539 g/mol. The van der Waals surface area contributed by atoms with Crippen LogP contribution in [0.2, 0.25) is 19.6 Å². The maximum atomic E-state index is 7.00. The number of nitrogens with zero attached hydrogens (tertiary/aromatic N) is 1. The molecule has 2 aromatic rings. The van der Waals surface area contributed by atoms with Crippen molar-refractivity contribution in [2.75, 3.05) is 14.2 Å². The van der Waals surface area contributed by atoms with E-state index in [0.29, 0.717) is 5.92 Å². The number of hydrogen-bond acceptors (Lipinski definition) is 3. The summed E-state index contributed by atoms with van der Waals surface area (Å²) >= 11 is 0. The van der Waals surface area contributed by atoms with Crippen molar-refractivity contribution in [3.05, 3.63) is 48.2 Å². The van der Waals surface area contributed by atoms with E-state index >= 15 is 0 Å². The number of aliphatic hydroxyl groups is 2. The van der Waals surface area contributed by atoms with E-state index in [0.717, 1.165) is 31.9 Å². The Morgan fingerprint density at radius 2 is 1.68 bits per heavy atom. The van der Waals surface area contributed by atoms with E-state index in [4.69, 9.17) is 10.2 Å². The van der Waals surface area contributed by atoms with Crippen LogP contribution in [0.3, 0.4) is 0 Å². The summed E-state index contributed by atoms with van der Waals surface area (Å²) in [5.74, 6) is 0.667. The predicted molar refractivity (Wildman–Crippen MR) is 106 cm³/mol. The van der Waals surface area contributed by atoms with Crippen molar-refractivity contribution in [3.8, 4) is 11.3 Å². The third-order valence-corrected chi connectivity index (χ3v) is 5.48. The second kappa shape index (κ2) is 13.4. The molecule has 2 N–H and O–H groups in total. The SMILES string of the molecule is CC(C)Cc1cc(-c2[c-]cccc2)ncc1[Si](C)(C)C.CO.CO.[Ir]. The van der Waals surface area contributed by atoms with E-state index in [-0.39, 0.29) is 20.1 Å². The van der Waals surface area contributed by atoms with Gasteiger partial charge in [0.2, 0.25) is 0 Å². The van der Waals surface area contributed by atoms with E-state index in [1.165, 1.54) is 10.8 Å². The predicted octanol–water partition coefficient (Wildman–Crippen LogP) is 3.51. The summed E-state index contributed by atoms with van der Waals surface area (Å²) < 4.78 is 0. The van der Waals surface area contributed by atoms with E-state index in [1.54, 1.807) is 0 Å². The number of aliphatic hydroxyl groups excluding tert-OH is 2. The minimum atomic E-state index is -1.34. The Hall–Kier alpha value is -0.844. The van der Waals surface area contributed by atoms with Gasteiger partial charge < -0.3 is 15.2 Å². The Labute approximate surface area is 167 Å². The molecule has 143 valence electrons. The third kappa shape index (κ3) is 8.88. The van der Waals surface area contributed by atoms with Crippen LogP contribution >= 0.6 is 0 Å². The third-order valence-electron chi connectivity index (χ3n) is 3.41. The number of hydrogen-bond donors (Lipinski definition) is 2. The normalized spacial score (nSPS) is 10.0. The van der Waals surface area contributed by atoms with Crippen molar-refractivity contribution in [2.24, 2.45) is 5.92 Å². The maximum absolute atomic E-state index is 7.00. The summed E-state index contributed by atoms with van der Waals surface area (Å²) in [7, 11) is 0.659. The van der Waals surface area contributed by atoms with Gasteiger partial charge in [-0.2, -0.15) is 0 Å². The summed E-state index contributed by atoms with van der Waals surface area (Å²) in [6.07, 6.45) is 3.24. The van der Waals surface area contributed by atoms with E-state index < -0.39 is 8.07 Å². The number of rotatable bonds is 4. The summed E-state index contributed by atoms with van der Waals surface area (Å²) in [6, 6.07) is 13.6. The van der Waals surface area contributed by atoms with Gasteiger partial charge in [-0.25, -0.2) is 0 Å². The van der Waals surface area contributed by atoms with Gasteiger partial charge in [0.1, 0.15) is 0 Å². The van der Waals surface area contributed by atoms with Crippen LogP contribution in [-0.2, 0) is 26.5 Å². The zero-order valence-electron chi connectivity index (χ0n) is 16.4. The van der Waals surface area contributed by atoms with Gasteiger partial charge in [-0.1, -0.05) is 45.1 Å². The quantitative estimate of drug-likeness (QED) is 0.463. The van der Waals surface area contributed by atoms with Gasteiger partial charge in [0.25, 0.3) is 0 Å². The van der Waals surface area contributed by atoms with Crippen molar-refractivity contribution in [2.45, 2.75) is 39.9 Å². The molecule has 0 spiro atoms. The van der Waals surface area contributed by atoms with Crippen molar-refractivity contribution in [1.29, 1.82) is 0 Å². The monoisotopic (exact) mass is 539 g/mol. The molecule has 1 aromatic heterocycles. The summed E-state index contributed by atoms with van der Waals surface area (Å²) in [5, 5.41) is 15.5. The largest absolute Gasteiger partial charge is 0.400 e. The molecule has 1 heterocycles. The van der Waals surface area contributed by atoms with E-state index in [9.17, 15) is 0 Å². The fraction of sp³-hybridized carbons (Fsp3) is 0.450. The number of pyridine rings is 1. The van der Waals surface area contributed by atoms with Crippen LogP contribution in [-0.4, -0.2) is 37.5 Å². The molecular weight excluding hydrogens is 507 g/mol. The first-order valence-electron chi connectivity index (χ1n) is 8.24. The topological polar surface area (TPSA) is 53.4 Å². The van der Waals surface area contributed by atoms with E-state index in [1.807, 2.05) is 18.2 Å². The van der Waals surface area contributed by atoms with Gasteiger partial charge in [-0.3, -0.25) is 0 Å². The van der Waals surface area contributed by atoms with Gasteiger partial charge in [0.15, 0.2) is 0 Å². The minimum absolute atomic E-state index is 0. The van der Waals surface area contributed by atoms with Crippen molar-refractivity contribution in [1.82, 2.24) is 4.98 Å². The molecule has 5 heteroatoms. The molecule has 0 atom stereocenters. The molecule has 0 fully saturated rings. The first kappa shape index (κ1) is 26.4. The van der Waals surface area contributed by atoms with Crippen LogP contribution in [0.25, 0.3) is 11.3 Å². The van der Waals surface area contributed by atoms with Crippen LogP contribution in [0.1, 0.15) is 19.4 Å². The molecule has 2 rings (SSSR count). The molecule has 0 aliphatic heterocycles. The standard InChI is InChI=1S/C18H24NSi.2CH4O.Ir/c1-14(2)11-16-12-17(15-9-7-6-8-10-15)19-13-18(16)20(3,4)5;2*1-2;/h6-9,12-14H,11H2,1-5H3;2*2H,1H3;/q-1;;;. The molecule has 1 radical (unpaired) electrons. The Bertz CT molecular complexity index is 584. The Morgan fingerprint density at radius 1 is 1.08 bits per heavy atom. The van der Waals surface area contributed by atoms with Crippen LogP contribution in [0.5, 0.6) is 0 Å². The Balaban J connectivity index is 0. The second-order valence-corrected chi connectivity index (χ2v) is 11.9. The summed E-state index contributed by atoms with van der Waals surface area (Å²) in [4.78, 5) is 4.69. The van der Waals surface area contributed by atoms with E-state index in [2.05, 4.69) is 62.9 Å². The molecule has 0 aliphatic rings. The van der Waals surface area contributed by atoms with Crippen molar-refractivity contribution < 1.29 is 30.3 Å². The van der Waals surface area contributed by atoms with Gasteiger partial charge in [-0.15, -0.1) is 35.9 Å². The maximum Gasteiger partial charge on any atom is 0.0798 e. The first-order chi connectivity index (χ1) is 11.4. The Kier molecular flexibility index (Phi) is 14.1. The van der Waals surface area contributed by atoms with Gasteiger partial charge >= 0.3 is 0 Å². The fourth-order valence-electron chi connectivity index (χ4n) is 2.48. The molecule has 0 amide bonds. The van der Waals surface area contributed by atoms with Crippen LogP contribution in [0.4, 0.5) is 0 Å². The van der Waals surface area contributed by atoms with Crippen LogP contribution in [0.15, 0.2) is 36.5 Å². The molecule has 3 nitrogen and oxygen atoms in total. The first-order valence-corrected chi connectivity index (χ1v) is 11.7. The number of benzene rings is 1. The molecule has 0 saturated heterocycles. The minimum Gasteiger partial charge on any atom is -0.400 e. The summed E-state index contributed by atoms with van der Waals surface area (Å²) in [5.41, 5.74) is 3.60. The zero-order valence-corrected chi connectivity index (χ0v) is 19.8.